The number of ether oxygens (including phenoxy) is 1. The van der Waals surface area contributed by atoms with Crippen LogP contribution in [0.3, 0.4) is 0 Å². The van der Waals surface area contributed by atoms with Crippen LogP contribution in [0.25, 0.3) is 0 Å². The van der Waals surface area contributed by atoms with Gasteiger partial charge in [-0.05, 0) is 54.7 Å². The Kier molecular flexibility index (Phi) is 6.16. The number of nitrogens with one attached hydrogen (secondary N) is 2. The third kappa shape index (κ3) is 4.49. The van der Waals surface area contributed by atoms with Crippen molar-refractivity contribution < 1.29 is 9.13 Å². The summed E-state index contributed by atoms with van der Waals surface area (Å²) in [6, 6.07) is 7.05. The molecule has 3 fully saturated rings. The number of rotatable bonds is 7. The lowest BCUT2D eigenvalue weighted by Crippen LogP contribution is -2.50. The highest BCUT2D eigenvalue weighted by molar-refractivity contribution is 5.79. The molecule has 0 bridgehead atoms. The number of hydrogen-bond donors (Lipinski definition) is 2. The molecule has 1 atom stereocenters. The number of hydrogen-bond acceptors (Lipinski definition) is 3. The van der Waals surface area contributed by atoms with Crippen LogP contribution in [0, 0.1) is 17.2 Å². The van der Waals surface area contributed by atoms with Crippen LogP contribution < -0.4 is 10.6 Å². The lowest BCUT2D eigenvalue weighted by molar-refractivity contribution is 0.0169. The monoisotopic (exact) mass is 388 g/mol. The first-order valence-electron chi connectivity index (χ1n) is 10.7. The molecule has 154 valence electrons. The summed E-state index contributed by atoms with van der Waals surface area (Å²) < 4.78 is 18.9. The van der Waals surface area contributed by atoms with Gasteiger partial charge in [0, 0.05) is 33.2 Å². The quantitative estimate of drug-likeness (QED) is 0.557. The van der Waals surface area contributed by atoms with Gasteiger partial charge in [0.15, 0.2) is 5.96 Å². The van der Waals surface area contributed by atoms with Crippen molar-refractivity contribution in [3.63, 3.8) is 0 Å². The van der Waals surface area contributed by atoms with Crippen molar-refractivity contribution in [2.24, 2.45) is 16.3 Å². The Morgan fingerprint density at radius 2 is 1.93 bits per heavy atom. The Hall–Kier alpha value is -1.66. The molecule has 4 rings (SSSR count). The van der Waals surface area contributed by atoms with E-state index in [0.29, 0.717) is 5.41 Å². The molecule has 1 saturated heterocycles. The van der Waals surface area contributed by atoms with Crippen LogP contribution in [0.2, 0.25) is 0 Å². The van der Waals surface area contributed by atoms with Gasteiger partial charge in [-0.25, -0.2) is 4.39 Å². The molecular weight excluding hydrogens is 355 g/mol. The van der Waals surface area contributed by atoms with Crippen LogP contribution in [0.5, 0.6) is 0 Å². The van der Waals surface area contributed by atoms with Crippen molar-refractivity contribution in [3.05, 3.63) is 35.6 Å². The maximum Gasteiger partial charge on any atom is 0.191 e. The number of guanidine groups is 1. The van der Waals surface area contributed by atoms with Gasteiger partial charge in [-0.2, -0.15) is 0 Å². The summed E-state index contributed by atoms with van der Waals surface area (Å²) in [6.07, 6.45) is 6.88. The van der Waals surface area contributed by atoms with Crippen molar-refractivity contribution in [1.82, 2.24) is 15.5 Å². The van der Waals surface area contributed by atoms with Gasteiger partial charge in [-0.1, -0.05) is 18.6 Å². The van der Waals surface area contributed by atoms with E-state index in [0.717, 1.165) is 56.8 Å². The Balaban J connectivity index is 1.37. The molecule has 3 aliphatic rings. The number of halogens is 1. The van der Waals surface area contributed by atoms with E-state index in [1.54, 1.807) is 12.1 Å². The van der Waals surface area contributed by atoms with Gasteiger partial charge < -0.3 is 15.4 Å². The van der Waals surface area contributed by atoms with E-state index in [2.05, 4.69) is 20.5 Å². The van der Waals surface area contributed by atoms with Crippen LogP contribution in [-0.4, -0.2) is 57.3 Å². The first-order chi connectivity index (χ1) is 13.7. The summed E-state index contributed by atoms with van der Waals surface area (Å²) in [6.45, 7) is 5.03. The predicted octanol–water partition coefficient (Wildman–Crippen LogP) is 2.94. The lowest BCUT2D eigenvalue weighted by Gasteiger charge is -2.43. The second-order valence-corrected chi connectivity index (χ2v) is 8.51. The van der Waals surface area contributed by atoms with Crippen LogP contribution in [0.4, 0.5) is 4.39 Å². The molecule has 0 amide bonds. The second kappa shape index (κ2) is 8.78. The van der Waals surface area contributed by atoms with E-state index >= 15 is 0 Å². The molecule has 0 spiro atoms. The van der Waals surface area contributed by atoms with E-state index in [4.69, 9.17) is 4.74 Å². The van der Waals surface area contributed by atoms with Crippen LogP contribution in [-0.2, 0) is 4.74 Å². The van der Waals surface area contributed by atoms with Gasteiger partial charge in [-0.3, -0.25) is 9.89 Å². The minimum atomic E-state index is -0.194. The van der Waals surface area contributed by atoms with Gasteiger partial charge in [0.1, 0.15) is 5.82 Å². The number of aliphatic imine (C=N–C) groups is 1. The van der Waals surface area contributed by atoms with Crippen molar-refractivity contribution >= 4 is 5.96 Å². The third-order valence-electron chi connectivity index (χ3n) is 6.83. The average molecular weight is 389 g/mol. The standard InChI is InChI=1S/C22H33FN4O/c1-24-21(26-16-22(9-2-10-22)18-5-6-18)25-15-20(27-11-13-28-14-12-27)17-3-7-19(23)8-4-17/h3-4,7-8,18,20H,2,5-6,9-16H2,1H3,(H2,24,25,26). The van der Waals surface area contributed by atoms with Crippen LogP contribution in [0.1, 0.15) is 43.7 Å². The summed E-state index contributed by atoms with van der Waals surface area (Å²) in [5.41, 5.74) is 1.64. The van der Waals surface area contributed by atoms with Gasteiger partial charge in [0.05, 0.1) is 19.3 Å². The molecule has 0 aromatic heterocycles. The summed E-state index contributed by atoms with van der Waals surface area (Å²) in [5, 5.41) is 7.11. The Labute approximate surface area is 167 Å². The highest BCUT2D eigenvalue weighted by Crippen LogP contribution is 2.56. The minimum Gasteiger partial charge on any atom is -0.379 e. The largest absolute Gasteiger partial charge is 0.379 e. The summed E-state index contributed by atoms with van der Waals surface area (Å²) in [7, 11) is 1.83. The Bertz CT molecular complexity index is 664. The molecule has 2 N–H and O–H groups in total. The Morgan fingerprint density at radius 3 is 2.50 bits per heavy atom. The fourth-order valence-electron chi connectivity index (χ4n) is 4.76. The zero-order chi connectivity index (χ0) is 19.4. The van der Waals surface area contributed by atoms with E-state index in [1.807, 2.05) is 19.2 Å². The average Bonchev–Trinajstić information content (AvgIpc) is 3.53. The fraction of sp³-hybridized carbons (Fsp3) is 0.682. The van der Waals surface area contributed by atoms with Gasteiger partial charge in [-0.15, -0.1) is 0 Å². The van der Waals surface area contributed by atoms with Gasteiger partial charge >= 0.3 is 0 Å². The summed E-state index contributed by atoms with van der Waals surface area (Å²) in [5.74, 6) is 1.60. The highest BCUT2D eigenvalue weighted by atomic mass is 19.1. The zero-order valence-corrected chi connectivity index (χ0v) is 16.9. The molecule has 1 aromatic carbocycles. The number of nitrogens with zero attached hydrogens (tertiary/aromatic N) is 2. The molecule has 1 unspecified atom stereocenters. The van der Waals surface area contributed by atoms with Gasteiger partial charge in [0.25, 0.3) is 0 Å². The molecule has 2 aliphatic carbocycles. The molecule has 1 aliphatic heterocycles. The SMILES string of the molecule is CN=C(NCC(c1ccc(F)cc1)N1CCOCC1)NCC1(C2CC2)CCC1. The molecule has 2 saturated carbocycles. The summed E-state index contributed by atoms with van der Waals surface area (Å²) in [4.78, 5) is 6.86. The Morgan fingerprint density at radius 1 is 1.21 bits per heavy atom. The maximum absolute atomic E-state index is 13.4. The van der Waals surface area contributed by atoms with E-state index in [1.165, 1.54) is 32.1 Å². The normalized spacial score (nSPS) is 23.7. The number of morpholine rings is 1. The molecule has 5 nitrogen and oxygen atoms in total. The van der Waals surface area contributed by atoms with Crippen LogP contribution in [0.15, 0.2) is 29.3 Å². The fourth-order valence-corrected chi connectivity index (χ4v) is 4.76. The number of benzene rings is 1. The predicted molar refractivity (Wildman–Crippen MR) is 110 cm³/mol. The second-order valence-electron chi connectivity index (χ2n) is 8.51. The molecular formula is C22H33FN4O. The maximum atomic E-state index is 13.4. The summed E-state index contributed by atoms with van der Waals surface area (Å²) >= 11 is 0. The molecule has 28 heavy (non-hydrogen) atoms. The van der Waals surface area contributed by atoms with Crippen LogP contribution >= 0.6 is 0 Å². The highest BCUT2D eigenvalue weighted by Gasteiger charge is 2.48. The first kappa shape index (κ1) is 19.6. The van der Waals surface area contributed by atoms with E-state index in [9.17, 15) is 4.39 Å². The third-order valence-corrected chi connectivity index (χ3v) is 6.83. The van der Waals surface area contributed by atoms with E-state index < -0.39 is 0 Å². The zero-order valence-electron chi connectivity index (χ0n) is 16.9. The van der Waals surface area contributed by atoms with Crippen molar-refractivity contribution in [1.29, 1.82) is 0 Å². The molecule has 1 heterocycles. The van der Waals surface area contributed by atoms with Crippen molar-refractivity contribution in [2.75, 3.05) is 46.4 Å². The molecule has 0 radical (unpaired) electrons. The van der Waals surface area contributed by atoms with Crippen molar-refractivity contribution in [2.45, 2.75) is 38.1 Å². The van der Waals surface area contributed by atoms with E-state index in [-0.39, 0.29) is 11.9 Å². The topological polar surface area (TPSA) is 48.9 Å². The van der Waals surface area contributed by atoms with Gasteiger partial charge in [0.2, 0.25) is 0 Å². The molecule has 6 heteroatoms. The smallest absolute Gasteiger partial charge is 0.191 e. The molecule has 1 aromatic rings. The first-order valence-corrected chi connectivity index (χ1v) is 10.7. The minimum absolute atomic E-state index is 0.171. The lowest BCUT2D eigenvalue weighted by atomic mass is 9.65. The van der Waals surface area contributed by atoms with Crippen molar-refractivity contribution in [3.8, 4) is 0 Å².